The summed E-state index contributed by atoms with van der Waals surface area (Å²) in [5.41, 5.74) is 1.90. The number of carbonyl (C=O) groups excluding carboxylic acids is 1. The summed E-state index contributed by atoms with van der Waals surface area (Å²) in [6.07, 6.45) is 1.75. The van der Waals surface area contributed by atoms with Gasteiger partial charge in [0.15, 0.2) is 5.78 Å². The van der Waals surface area contributed by atoms with E-state index < -0.39 is 0 Å². The highest BCUT2D eigenvalue weighted by Gasteiger charge is 2.20. The van der Waals surface area contributed by atoms with Crippen LogP contribution in [0.5, 0.6) is 0 Å². The van der Waals surface area contributed by atoms with Gasteiger partial charge in [-0.3, -0.25) is 9.69 Å². The van der Waals surface area contributed by atoms with E-state index in [1.54, 1.807) is 6.33 Å². The third-order valence-electron chi connectivity index (χ3n) is 3.43. The molecule has 1 aromatic carbocycles. The standard InChI is InChI=1S/C14H16N4O/c1-11-3-2-4-12(7-11)13(19)8-17-5-6-18-10-15-16-14(18)9-17/h2-4,7,10H,5-6,8-9H2,1H3. The minimum absolute atomic E-state index is 0.164. The van der Waals surface area contributed by atoms with E-state index in [1.165, 1.54) is 0 Å². The maximum Gasteiger partial charge on any atom is 0.176 e. The van der Waals surface area contributed by atoms with Crippen LogP contribution in [0.25, 0.3) is 0 Å². The Hall–Kier alpha value is -2.01. The number of hydrogen-bond donors (Lipinski definition) is 0. The van der Waals surface area contributed by atoms with Gasteiger partial charge in [-0.15, -0.1) is 10.2 Å². The summed E-state index contributed by atoms with van der Waals surface area (Å²) < 4.78 is 2.04. The molecule has 0 unspecified atom stereocenters. The Morgan fingerprint density at radius 1 is 1.37 bits per heavy atom. The first-order valence-electron chi connectivity index (χ1n) is 6.41. The largest absolute Gasteiger partial charge is 0.315 e. The number of ketones is 1. The zero-order valence-electron chi connectivity index (χ0n) is 10.9. The number of aryl methyl sites for hydroxylation is 1. The Balaban J connectivity index is 1.68. The first kappa shape index (κ1) is 12.0. The van der Waals surface area contributed by atoms with Crippen LogP contribution < -0.4 is 0 Å². The number of carbonyl (C=O) groups is 1. The molecule has 0 amide bonds. The molecule has 19 heavy (non-hydrogen) atoms. The van der Waals surface area contributed by atoms with Crippen LogP contribution in [0.2, 0.25) is 0 Å². The fraction of sp³-hybridized carbons (Fsp3) is 0.357. The second-order valence-corrected chi connectivity index (χ2v) is 4.94. The van der Waals surface area contributed by atoms with E-state index in [0.717, 1.165) is 30.0 Å². The molecule has 0 fully saturated rings. The average Bonchev–Trinajstić information content (AvgIpc) is 2.86. The Morgan fingerprint density at radius 2 is 2.26 bits per heavy atom. The van der Waals surface area contributed by atoms with Gasteiger partial charge in [-0.2, -0.15) is 0 Å². The molecular weight excluding hydrogens is 240 g/mol. The lowest BCUT2D eigenvalue weighted by Gasteiger charge is -2.26. The Labute approximate surface area is 111 Å². The van der Waals surface area contributed by atoms with E-state index in [1.807, 2.05) is 35.8 Å². The smallest absolute Gasteiger partial charge is 0.176 e. The predicted molar refractivity (Wildman–Crippen MR) is 70.8 cm³/mol. The van der Waals surface area contributed by atoms with E-state index in [2.05, 4.69) is 15.1 Å². The number of Topliss-reactive ketones (excluding diaryl/α,β-unsaturated/α-hetero) is 1. The van der Waals surface area contributed by atoms with E-state index in [-0.39, 0.29) is 5.78 Å². The molecule has 0 N–H and O–H groups in total. The lowest BCUT2D eigenvalue weighted by molar-refractivity contribution is 0.0908. The number of rotatable bonds is 3. The molecule has 2 heterocycles. The Morgan fingerprint density at radius 3 is 3.11 bits per heavy atom. The van der Waals surface area contributed by atoms with Gasteiger partial charge in [0, 0.05) is 18.7 Å². The van der Waals surface area contributed by atoms with Gasteiger partial charge in [-0.05, 0) is 13.0 Å². The lowest BCUT2D eigenvalue weighted by atomic mass is 10.1. The molecule has 0 saturated heterocycles. The Bertz CT molecular complexity index is 605. The molecule has 1 aliphatic rings. The molecule has 5 heteroatoms. The second kappa shape index (κ2) is 4.93. The monoisotopic (exact) mass is 256 g/mol. The van der Waals surface area contributed by atoms with Crippen LogP contribution in [-0.4, -0.2) is 38.5 Å². The molecule has 0 atom stereocenters. The van der Waals surface area contributed by atoms with Crippen LogP contribution in [0.1, 0.15) is 21.7 Å². The number of hydrogen-bond acceptors (Lipinski definition) is 4. The maximum atomic E-state index is 12.2. The molecule has 1 aliphatic heterocycles. The average molecular weight is 256 g/mol. The molecule has 0 spiro atoms. The van der Waals surface area contributed by atoms with Gasteiger partial charge in [-0.1, -0.05) is 23.8 Å². The van der Waals surface area contributed by atoms with Crippen molar-refractivity contribution in [3.8, 4) is 0 Å². The maximum absolute atomic E-state index is 12.2. The van der Waals surface area contributed by atoms with Gasteiger partial charge in [-0.25, -0.2) is 0 Å². The van der Waals surface area contributed by atoms with E-state index >= 15 is 0 Å². The summed E-state index contributed by atoms with van der Waals surface area (Å²) >= 11 is 0. The third kappa shape index (κ3) is 2.56. The quantitative estimate of drug-likeness (QED) is 0.776. The highest BCUT2D eigenvalue weighted by atomic mass is 16.1. The predicted octanol–water partition coefficient (Wildman–Crippen LogP) is 1.29. The summed E-state index contributed by atoms with van der Waals surface area (Å²) in [5, 5.41) is 7.95. The highest BCUT2D eigenvalue weighted by molar-refractivity contribution is 5.97. The third-order valence-corrected chi connectivity index (χ3v) is 3.43. The number of nitrogens with zero attached hydrogens (tertiary/aromatic N) is 4. The first-order chi connectivity index (χ1) is 9.22. The van der Waals surface area contributed by atoms with Crippen LogP contribution in [-0.2, 0) is 13.1 Å². The first-order valence-corrected chi connectivity index (χ1v) is 6.41. The zero-order valence-corrected chi connectivity index (χ0v) is 10.9. The number of fused-ring (bicyclic) bond motifs is 1. The molecule has 1 aromatic heterocycles. The van der Waals surface area contributed by atoms with Crippen molar-refractivity contribution in [2.24, 2.45) is 0 Å². The SMILES string of the molecule is Cc1cccc(C(=O)CN2CCn3cnnc3C2)c1. The summed E-state index contributed by atoms with van der Waals surface area (Å²) in [4.78, 5) is 14.4. The van der Waals surface area contributed by atoms with Gasteiger partial charge < -0.3 is 4.57 Å². The van der Waals surface area contributed by atoms with E-state index in [4.69, 9.17) is 0 Å². The molecular formula is C14H16N4O. The van der Waals surface area contributed by atoms with E-state index in [0.29, 0.717) is 13.1 Å². The van der Waals surface area contributed by atoms with Crippen LogP contribution in [0.4, 0.5) is 0 Å². The van der Waals surface area contributed by atoms with Crippen molar-refractivity contribution in [1.29, 1.82) is 0 Å². The highest BCUT2D eigenvalue weighted by Crippen LogP contribution is 2.11. The van der Waals surface area contributed by atoms with Crippen molar-refractivity contribution in [2.45, 2.75) is 20.0 Å². The molecule has 98 valence electrons. The van der Waals surface area contributed by atoms with Gasteiger partial charge in [0.25, 0.3) is 0 Å². The molecule has 0 bridgehead atoms. The van der Waals surface area contributed by atoms with Crippen LogP contribution in [0.3, 0.4) is 0 Å². The van der Waals surface area contributed by atoms with Crippen LogP contribution in [0.15, 0.2) is 30.6 Å². The van der Waals surface area contributed by atoms with Gasteiger partial charge in [0.1, 0.15) is 12.2 Å². The van der Waals surface area contributed by atoms with Crippen molar-refractivity contribution in [2.75, 3.05) is 13.1 Å². The van der Waals surface area contributed by atoms with Crippen molar-refractivity contribution in [1.82, 2.24) is 19.7 Å². The fourth-order valence-corrected chi connectivity index (χ4v) is 2.36. The molecule has 0 radical (unpaired) electrons. The molecule has 3 rings (SSSR count). The van der Waals surface area contributed by atoms with Crippen molar-refractivity contribution >= 4 is 5.78 Å². The normalized spacial score (nSPS) is 15.2. The number of aromatic nitrogens is 3. The van der Waals surface area contributed by atoms with Crippen molar-refractivity contribution in [3.63, 3.8) is 0 Å². The molecule has 2 aromatic rings. The van der Waals surface area contributed by atoms with Gasteiger partial charge >= 0.3 is 0 Å². The van der Waals surface area contributed by atoms with Gasteiger partial charge in [0.2, 0.25) is 0 Å². The minimum atomic E-state index is 0.164. The van der Waals surface area contributed by atoms with Crippen molar-refractivity contribution < 1.29 is 4.79 Å². The summed E-state index contributed by atoms with van der Waals surface area (Å²) in [7, 11) is 0. The summed E-state index contributed by atoms with van der Waals surface area (Å²) in [6.45, 7) is 4.85. The van der Waals surface area contributed by atoms with Gasteiger partial charge in [0.05, 0.1) is 13.1 Å². The minimum Gasteiger partial charge on any atom is -0.315 e. The van der Waals surface area contributed by atoms with Crippen LogP contribution in [0, 0.1) is 6.92 Å². The molecule has 5 nitrogen and oxygen atoms in total. The second-order valence-electron chi connectivity index (χ2n) is 4.94. The van der Waals surface area contributed by atoms with E-state index in [9.17, 15) is 4.79 Å². The lowest BCUT2D eigenvalue weighted by Crippen LogP contribution is -2.37. The Kier molecular flexibility index (Phi) is 3.13. The number of benzene rings is 1. The molecule has 0 saturated carbocycles. The zero-order chi connectivity index (χ0) is 13.2. The fourth-order valence-electron chi connectivity index (χ4n) is 2.36. The van der Waals surface area contributed by atoms with Crippen molar-refractivity contribution in [3.05, 3.63) is 47.5 Å². The summed E-state index contributed by atoms with van der Waals surface area (Å²) in [6, 6.07) is 7.74. The molecule has 0 aliphatic carbocycles. The summed E-state index contributed by atoms with van der Waals surface area (Å²) in [5.74, 6) is 1.10. The topological polar surface area (TPSA) is 51.0 Å². The van der Waals surface area contributed by atoms with Crippen LogP contribution >= 0.6 is 0 Å².